The Morgan fingerprint density at radius 1 is 0.478 bits per heavy atom. The monoisotopic (exact) mass is 605 g/mol. The molecule has 1 aliphatic rings. The van der Waals surface area contributed by atoms with Crippen LogP contribution in [-0.4, -0.2) is 22.6 Å². The second-order valence-corrected chi connectivity index (χ2v) is 16.9. The summed E-state index contributed by atoms with van der Waals surface area (Å²) in [6.45, 7) is 4.88. The van der Waals surface area contributed by atoms with E-state index in [2.05, 4.69) is 163 Å². The summed E-state index contributed by atoms with van der Waals surface area (Å²) in [5, 5.41) is 5.22. The standard InChI is InChI=1S/C42H31N3Si/c1-46(2)38-23-12-10-21-34(38)40-41(46)39(43-42(44-40)29-16-7-4-8-17-29)31-24-25-37-35(27-31)33-20-9-11-22-36(33)45(37)32-19-13-18-30(26-32)28-14-5-3-6-15-28/h3-27H,1-2H3. The van der Waals surface area contributed by atoms with Crippen molar-refractivity contribution in [1.82, 2.24) is 14.5 Å². The predicted octanol–water partition coefficient (Wildman–Crippen LogP) is 9.38. The minimum Gasteiger partial charge on any atom is -0.309 e. The molecule has 3 heterocycles. The van der Waals surface area contributed by atoms with Gasteiger partial charge in [-0.3, -0.25) is 0 Å². The molecule has 6 aromatic carbocycles. The minimum atomic E-state index is -2.07. The molecular weight excluding hydrogens is 575 g/mol. The second-order valence-electron chi connectivity index (χ2n) is 12.7. The van der Waals surface area contributed by atoms with Gasteiger partial charge in [-0.2, -0.15) is 0 Å². The van der Waals surface area contributed by atoms with Crippen LogP contribution >= 0.6 is 0 Å². The van der Waals surface area contributed by atoms with Crippen LogP contribution in [0.4, 0.5) is 0 Å². The molecule has 1 aliphatic heterocycles. The molecule has 0 saturated heterocycles. The van der Waals surface area contributed by atoms with Crippen molar-refractivity contribution in [3.8, 4) is 50.7 Å². The Bertz CT molecular complexity index is 2440. The molecule has 0 radical (unpaired) electrons. The van der Waals surface area contributed by atoms with Gasteiger partial charge >= 0.3 is 0 Å². The third-order valence-electron chi connectivity index (χ3n) is 9.58. The van der Waals surface area contributed by atoms with Crippen molar-refractivity contribution in [1.29, 1.82) is 0 Å². The summed E-state index contributed by atoms with van der Waals surface area (Å²) in [6.07, 6.45) is 0. The third-order valence-corrected chi connectivity index (χ3v) is 13.1. The van der Waals surface area contributed by atoms with E-state index in [0.29, 0.717) is 0 Å². The molecule has 0 N–H and O–H groups in total. The van der Waals surface area contributed by atoms with Gasteiger partial charge in [0.1, 0.15) is 8.07 Å². The molecular formula is C42H31N3Si. The lowest BCUT2D eigenvalue weighted by Crippen LogP contribution is -2.50. The zero-order valence-corrected chi connectivity index (χ0v) is 26.8. The SMILES string of the molecule is C[Si]1(C)c2ccccc2-c2nc(-c3ccccc3)nc(-c3ccc4c(c3)c3ccccc3n4-c3cccc(-c4ccccc4)c3)c21. The molecule has 0 unspecified atom stereocenters. The summed E-state index contributed by atoms with van der Waals surface area (Å²) in [7, 11) is -2.07. The van der Waals surface area contributed by atoms with Crippen LogP contribution in [0.3, 0.4) is 0 Å². The Balaban J connectivity index is 1.29. The van der Waals surface area contributed by atoms with Gasteiger partial charge in [-0.15, -0.1) is 0 Å². The molecule has 4 heteroatoms. The summed E-state index contributed by atoms with van der Waals surface area (Å²) in [5.74, 6) is 0.774. The molecule has 0 fully saturated rings. The number of aromatic nitrogens is 3. The number of rotatable bonds is 4. The first-order chi connectivity index (χ1) is 22.6. The van der Waals surface area contributed by atoms with Gasteiger partial charge in [0.25, 0.3) is 0 Å². The number of nitrogens with zero attached hydrogens (tertiary/aromatic N) is 3. The molecule has 3 nitrogen and oxygen atoms in total. The number of hydrogen-bond donors (Lipinski definition) is 0. The summed E-state index contributed by atoms with van der Waals surface area (Å²) in [4.78, 5) is 10.6. The number of benzene rings is 6. The maximum absolute atomic E-state index is 5.38. The molecule has 8 aromatic rings. The van der Waals surface area contributed by atoms with Crippen molar-refractivity contribution < 1.29 is 0 Å². The lowest BCUT2D eigenvalue weighted by molar-refractivity contribution is 1.18. The first-order valence-corrected chi connectivity index (χ1v) is 18.9. The van der Waals surface area contributed by atoms with Crippen LogP contribution in [0, 0.1) is 0 Å². The molecule has 0 amide bonds. The number of para-hydroxylation sites is 1. The van der Waals surface area contributed by atoms with Crippen molar-refractivity contribution >= 4 is 40.3 Å². The van der Waals surface area contributed by atoms with Gasteiger partial charge in [-0.05, 0) is 57.4 Å². The largest absolute Gasteiger partial charge is 0.309 e. The highest BCUT2D eigenvalue weighted by Crippen LogP contribution is 2.38. The quantitative estimate of drug-likeness (QED) is 0.187. The van der Waals surface area contributed by atoms with E-state index in [0.717, 1.165) is 34.0 Å². The van der Waals surface area contributed by atoms with E-state index < -0.39 is 8.07 Å². The van der Waals surface area contributed by atoms with Crippen LogP contribution in [0.5, 0.6) is 0 Å². The maximum Gasteiger partial charge on any atom is 0.160 e. The van der Waals surface area contributed by atoms with Crippen molar-refractivity contribution in [2.75, 3.05) is 0 Å². The fourth-order valence-corrected chi connectivity index (χ4v) is 10.6. The second kappa shape index (κ2) is 10.2. The van der Waals surface area contributed by atoms with Crippen LogP contribution in [0.15, 0.2) is 152 Å². The fraction of sp³-hybridized carbons (Fsp3) is 0.0476. The first-order valence-electron chi connectivity index (χ1n) is 15.9. The summed E-state index contributed by atoms with van der Waals surface area (Å²) >= 11 is 0. The number of fused-ring (bicyclic) bond motifs is 6. The van der Waals surface area contributed by atoms with Crippen molar-refractivity contribution in [2.45, 2.75) is 13.1 Å². The molecule has 46 heavy (non-hydrogen) atoms. The highest BCUT2D eigenvalue weighted by atomic mass is 28.3. The topological polar surface area (TPSA) is 30.7 Å². The lowest BCUT2D eigenvalue weighted by atomic mass is 10.0. The smallest absolute Gasteiger partial charge is 0.160 e. The van der Waals surface area contributed by atoms with E-state index in [1.807, 2.05) is 6.07 Å². The predicted molar refractivity (Wildman–Crippen MR) is 195 cm³/mol. The van der Waals surface area contributed by atoms with Gasteiger partial charge < -0.3 is 4.57 Å². The zero-order valence-electron chi connectivity index (χ0n) is 25.8. The van der Waals surface area contributed by atoms with Gasteiger partial charge in [0.2, 0.25) is 0 Å². The number of hydrogen-bond acceptors (Lipinski definition) is 2. The highest BCUT2D eigenvalue weighted by molar-refractivity contribution is 7.04. The van der Waals surface area contributed by atoms with E-state index in [1.165, 1.54) is 48.9 Å². The summed E-state index contributed by atoms with van der Waals surface area (Å²) in [6, 6.07) is 54.3. The average molecular weight is 606 g/mol. The fourth-order valence-electron chi connectivity index (χ4n) is 7.40. The maximum atomic E-state index is 5.38. The van der Waals surface area contributed by atoms with E-state index in [4.69, 9.17) is 9.97 Å². The minimum absolute atomic E-state index is 0.774. The first kappa shape index (κ1) is 26.8. The average Bonchev–Trinajstić information content (AvgIpc) is 3.57. The van der Waals surface area contributed by atoms with Crippen LogP contribution in [-0.2, 0) is 0 Å². The molecule has 0 saturated carbocycles. The van der Waals surface area contributed by atoms with Gasteiger partial charge in [0.15, 0.2) is 5.82 Å². The Kier molecular flexibility index (Phi) is 5.96. The van der Waals surface area contributed by atoms with Crippen molar-refractivity contribution in [3.05, 3.63) is 152 Å². The van der Waals surface area contributed by atoms with Crippen LogP contribution in [0.1, 0.15) is 0 Å². The van der Waals surface area contributed by atoms with E-state index in [-0.39, 0.29) is 0 Å². The van der Waals surface area contributed by atoms with Crippen LogP contribution in [0.25, 0.3) is 72.5 Å². The summed E-state index contributed by atoms with van der Waals surface area (Å²) in [5.41, 5.74) is 11.5. The normalized spacial score (nSPS) is 13.2. The molecule has 218 valence electrons. The molecule has 0 atom stereocenters. The Morgan fingerprint density at radius 2 is 1.13 bits per heavy atom. The van der Waals surface area contributed by atoms with Crippen LogP contribution < -0.4 is 10.4 Å². The van der Waals surface area contributed by atoms with Gasteiger partial charge in [0, 0.05) is 27.6 Å². The molecule has 2 aromatic heterocycles. The van der Waals surface area contributed by atoms with Crippen LogP contribution in [0.2, 0.25) is 13.1 Å². The Labute approximate surface area is 269 Å². The molecule has 9 rings (SSSR count). The molecule has 0 spiro atoms. The van der Waals surface area contributed by atoms with Crippen molar-refractivity contribution in [3.63, 3.8) is 0 Å². The van der Waals surface area contributed by atoms with E-state index in [9.17, 15) is 0 Å². The van der Waals surface area contributed by atoms with E-state index in [1.54, 1.807) is 0 Å². The Morgan fingerprint density at radius 3 is 1.96 bits per heavy atom. The summed E-state index contributed by atoms with van der Waals surface area (Å²) < 4.78 is 2.40. The lowest BCUT2D eigenvalue weighted by Gasteiger charge is -2.21. The Hall–Kier alpha value is -5.58. The van der Waals surface area contributed by atoms with Gasteiger partial charge in [-0.25, -0.2) is 9.97 Å². The van der Waals surface area contributed by atoms with Crippen molar-refractivity contribution in [2.24, 2.45) is 0 Å². The molecule has 0 aliphatic carbocycles. The van der Waals surface area contributed by atoms with Gasteiger partial charge in [-0.1, -0.05) is 134 Å². The van der Waals surface area contributed by atoms with E-state index >= 15 is 0 Å². The zero-order chi connectivity index (χ0) is 30.8. The molecule has 0 bridgehead atoms. The highest BCUT2D eigenvalue weighted by Gasteiger charge is 2.41. The third kappa shape index (κ3) is 4.04. The van der Waals surface area contributed by atoms with Gasteiger partial charge in [0.05, 0.1) is 22.4 Å².